The third-order valence-corrected chi connectivity index (χ3v) is 4.24. The van der Waals surface area contributed by atoms with Crippen molar-refractivity contribution in [1.82, 2.24) is 0 Å². The maximum Gasteiger partial charge on any atom is 0.0629 e. The number of para-hydroxylation sites is 1. The van der Waals surface area contributed by atoms with Crippen LogP contribution in [0.25, 0.3) is 0 Å². The highest BCUT2D eigenvalue weighted by Gasteiger charge is 2.36. The molecule has 4 rings (SSSR count). The molecule has 1 heteroatoms. The van der Waals surface area contributed by atoms with Crippen LogP contribution in [-0.2, 0) is 0 Å². The lowest BCUT2D eigenvalue weighted by molar-refractivity contribution is 0.744. The Morgan fingerprint density at radius 2 is 1.70 bits per heavy atom. The molecule has 2 unspecified atom stereocenters. The van der Waals surface area contributed by atoms with E-state index in [0.717, 1.165) is 0 Å². The largest absolute Gasteiger partial charge is 0.333 e. The molecule has 1 aliphatic heterocycles. The van der Waals surface area contributed by atoms with Gasteiger partial charge in [-0.2, -0.15) is 0 Å². The van der Waals surface area contributed by atoms with Gasteiger partial charge >= 0.3 is 0 Å². The second-order valence-electron chi connectivity index (χ2n) is 5.55. The number of allylic oxidation sites excluding steroid dienone is 2. The van der Waals surface area contributed by atoms with Crippen LogP contribution >= 0.6 is 0 Å². The van der Waals surface area contributed by atoms with Crippen LogP contribution in [-0.4, -0.2) is 6.04 Å². The maximum absolute atomic E-state index is 2.46. The second kappa shape index (κ2) is 4.38. The summed E-state index contributed by atoms with van der Waals surface area (Å²) >= 11 is 0. The first kappa shape index (κ1) is 11.5. The van der Waals surface area contributed by atoms with Crippen molar-refractivity contribution in [3.05, 3.63) is 84.0 Å². The molecule has 0 N–H and O–H groups in total. The number of nitrogens with zero attached hydrogens (tertiary/aromatic N) is 1. The number of hydrogen-bond acceptors (Lipinski definition) is 1. The van der Waals surface area contributed by atoms with Gasteiger partial charge in [0.1, 0.15) is 0 Å². The molecular formula is C19H17N. The molecule has 2 aliphatic rings. The van der Waals surface area contributed by atoms with Gasteiger partial charge in [0.25, 0.3) is 0 Å². The van der Waals surface area contributed by atoms with Gasteiger partial charge in [0.2, 0.25) is 0 Å². The van der Waals surface area contributed by atoms with Gasteiger partial charge in [-0.25, -0.2) is 0 Å². The van der Waals surface area contributed by atoms with E-state index in [1.807, 2.05) is 0 Å². The Morgan fingerprint density at radius 1 is 0.900 bits per heavy atom. The van der Waals surface area contributed by atoms with E-state index in [1.54, 1.807) is 0 Å². The standard InChI is InChI=1S/C19H17N/c1-14-11-12-19-17(13-14)16-9-5-6-10-18(16)20(19)15-7-3-2-4-8-15/h2-13,16,18H,1H3. The molecule has 98 valence electrons. The Morgan fingerprint density at radius 3 is 2.55 bits per heavy atom. The maximum atomic E-state index is 2.46. The molecule has 0 bridgehead atoms. The average Bonchev–Trinajstić information content (AvgIpc) is 2.82. The monoisotopic (exact) mass is 259 g/mol. The highest BCUT2D eigenvalue weighted by molar-refractivity contribution is 5.75. The van der Waals surface area contributed by atoms with Gasteiger partial charge < -0.3 is 4.90 Å². The number of benzene rings is 2. The molecule has 2 aromatic rings. The molecule has 0 spiro atoms. The first-order chi connectivity index (χ1) is 9.84. The molecule has 0 radical (unpaired) electrons. The fourth-order valence-electron chi connectivity index (χ4n) is 3.35. The molecule has 1 nitrogen and oxygen atoms in total. The van der Waals surface area contributed by atoms with Crippen molar-refractivity contribution in [3.63, 3.8) is 0 Å². The van der Waals surface area contributed by atoms with Gasteiger partial charge in [0.05, 0.1) is 6.04 Å². The van der Waals surface area contributed by atoms with Gasteiger partial charge in [-0.1, -0.05) is 60.2 Å². The van der Waals surface area contributed by atoms with Crippen molar-refractivity contribution in [2.45, 2.75) is 18.9 Å². The molecule has 0 saturated carbocycles. The van der Waals surface area contributed by atoms with Crippen LogP contribution in [0.5, 0.6) is 0 Å². The molecule has 1 heterocycles. The van der Waals surface area contributed by atoms with Crippen LogP contribution in [0, 0.1) is 6.92 Å². The van der Waals surface area contributed by atoms with E-state index in [4.69, 9.17) is 0 Å². The number of rotatable bonds is 1. The number of anilines is 2. The normalized spacial score (nSPS) is 22.8. The Bertz CT molecular complexity index is 697. The molecule has 2 atom stereocenters. The van der Waals surface area contributed by atoms with Crippen LogP contribution in [0.3, 0.4) is 0 Å². The molecule has 0 amide bonds. The van der Waals surface area contributed by atoms with Gasteiger partial charge in [0, 0.05) is 17.3 Å². The van der Waals surface area contributed by atoms with Crippen LogP contribution in [0.2, 0.25) is 0 Å². The fourth-order valence-corrected chi connectivity index (χ4v) is 3.35. The highest BCUT2D eigenvalue weighted by atomic mass is 15.2. The van der Waals surface area contributed by atoms with Crippen molar-refractivity contribution < 1.29 is 0 Å². The Hall–Kier alpha value is -2.28. The first-order valence-electron chi connectivity index (χ1n) is 7.14. The minimum atomic E-state index is 0.402. The molecular weight excluding hydrogens is 242 g/mol. The molecule has 0 fully saturated rings. The predicted octanol–water partition coefficient (Wildman–Crippen LogP) is 4.72. The molecule has 2 aromatic carbocycles. The molecule has 1 aliphatic carbocycles. The summed E-state index contributed by atoms with van der Waals surface area (Å²) in [4.78, 5) is 2.46. The SMILES string of the molecule is Cc1ccc2c(c1)C1C=CC=CC1N2c1ccccc1. The van der Waals surface area contributed by atoms with Crippen molar-refractivity contribution in [2.24, 2.45) is 0 Å². The summed E-state index contributed by atoms with van der Waals surface area (Å²) in [5, 5.41) is 0. The first-order valence-corrected chi connectivity index (χ1v) is 7.14. The number of aryl methyl sites for hydroxylation is 1. The highest BCUT2D eigenvalue weighted by Crippen LogP contribution is 2.47. The van der Waals surface area contributed by atoms with Crippen LogP contribution in [0.1, 0.15) is 17.0 Å². The zero-order valence-electron chi connectivity index (χ0n) is 11.5. The van der Waals surface area contributed by atoms with Crippen LogP contribution in [0.15, 0.2) is 72.8 Å². The van der Waals surface area contributed by atoms with Crippen molar-refractivity contribution >= 4 is 11.4 Å². The van der Waals surface area contributed by atoms with Crippen LogP contribution in [0.4, 0.5) is 11.4 Å². The van der Waals surface area contributed by atoms with Crippen LogP contribution < -0.4 is 4.90 Å². The number of fused-ring (bicyclic) bond motifs is 3. The van der Waals surface area contributed by atoms with Gasteiger partial charge in [0.15, 0.2) is 0 Å². The minimum absolute atomic E-state index is 0.402. The zero-order chi connectivity index (χ0) is 13.5. The van der Waals surface area contributed by atoms with E-state index in [0.29, 0.717) is 12.0 Å². The summed E-state index contributed by atoms with van der Waals surface area (Å²) in [5.41, 5.74) is 5.39. The third-order valence-electron chi connectivity index (χ3n) is 4.24. The van der Waals surface area contributed by atoms with E-state index in [2.05, 4.69) is 84.7 Å². The zero-order valence-corrected chi connectivity index (χ0v) is 11.5. The summed E-state index contributed by atoms with van der Waals surface area (Å²) in [5.74, 6) is 0.468. The van der Waals surface area contributed by atoms with E-state index < -0.39 is 0 Å². The Balaban J connectivity index is 1.91. The predicted molar refractivity (Wildman–Crippen MR) is 84.6 cm³/mol. The smallest absolute Gasteiger partial charge is 0.0629 e. The molecule has 20 heavy (non-hydrogen) atoms. The average molecular weight is 259 g/mol. The Kier molecular flexibility index (Phi) is 2.53. The summed E-state index contributed by atoms with van der Waals surface area (Å²) in [7, 11) is 0. The summed E-state index contributed by atoms with van der Waals surface area (Å²) in [6.07, 6.45) is 8.97. The van der Waals surface area contributed by atoms with E-state index >= 15 is 0 Å². The van der Waals surface area contributed by atoms with Gasteiger partial charge in [-0.3, -0.25) is 0 Å². The quantitative estimate of drug-likeness (QED) is 0.716. The van der Waals surface area contributed by atoms with Gasteiger partial charge in [-0.15, -0.1) is 0 Å². The van der Waals surface area contributed by atoms with E-state index in [-0.39, 0.29) is 0 Å². The minimum Gasteiger partial charge on any atom is -0.333 e. The summed E-state index contributed by atoms with van der Waals surface area (Å²) < 4.78 is 0. The third kappa shape index (κ3) is 1.63. The lowest BCUT2D eigenvalue weighted by Gasteiger charge is -2.28. The van der Waals surface area contributed by atoms with Gasteiger partial charge in [-0.05, 0) is 30.7 Å². The number of hydrogen-bond donors (Lipinski definition) is 0. The lowest BCUT2D eigenvalue weighted by atomic mass is 9.91. The van der Waals surface area contributed by atoms with E-state index in [9.17, 15) is 0 Å². The van der Waals surface area contributed by atoms with Crippen molar-refractivity contribution in [3.8, 4) is 0 Å². The van der Waals surface area contributed by atoms with E-state index in [1.165, 1.54) is 22.5 Å². The fraction of sp³-hybridized carbons (Fsp3) is 0.158. The molecule has 0 aromatic heterocycles. The van der Waals surface area contributed by atoms with Crippen molar-refractivity contribution in [2.75, 3.05) is 4.90 Å². The Labute approximate surface area is 119 Å². The molecule has 0 saturated heterocycles. The summed E-state index contributed by atoms with van der Waals surface area (Å²) in [6.45, 7) is 2.17. The topological polar surface area (TPSA) is 3.24 Å². The summed E-state index contributed by atoms with van der Waals surface area (Å²) in [6, 6.07) is 17.9. The lowest BCUT2D eigenvalue weighted by Crippen LogP contribution is -2.28. The second-order valence-corrected chi connectivity index (χ2v) is 5.55. The van der Waals surface area contributed by atoms with Crippen molar-refractivity contribution in [1.29, 1.82) is 0 Å².